The van der Waals surface area contributed by atoms with Crippen molar-refractivity contribution in [1.82, 2.24) is 10.2 Å². The summed E-state index contributed by atoms with van der Waals surface area (Å²) in [6.45, 7) is 3.56. The number of carbonyl (C=O) groups excluding carboxylic acids is 1. The van der Waals surface area contributed by atoms with Crippen LogP contribution in [-0.4, -0.2) is 44.1 Å². The Balaban J connectivity index is 1.65. The minimum absolute atomic E-state index is 0.0585. The lowest BCUT2D eigenvalue weighted by molar-refractivity contribution is -0.123. The number of rotatable bonds is 6. The normalized spacial score (nSPS) is 16.7. The van der Waals surface area contributed by atoms with Gasteiger partial charge in [0.15, 0.2) is 6.61 Å². The standard InChI is InChI=1S/C16H25N3O2/c1-19-8-6-14(7-9-19)11-18-16(20)12-21-15-4-2-13(10-17)3-5-15/h2-5,14H,6-12,17H2,1H3,(H,18,20). The van der Waals surface area contributed by atoms with Crippen molar-refractivity contribution in [3.8, 4) is 5.75 Å². The predicted molar refractivity (Wildman–Crippen MR) is 83.1 cm³/mol. The monoisotopic (exact) mass is 291 g/mol. The second-order valence-electron chi connectivity index (χ2n) is 5.69. The van der Waals surface area contributed by atoms with Gasteiger partial charge in [-0.15, -0.1) is 0 Å². The Labute approximate surface area is 126 Å². The van der Waals surface area contributed by atoms with Crippen LogP contribution in [0.15, 0.2) is 24.3 Å². The van der Waals surface area contributed by atoms with Gasteiger partial charge in [-0.1, -0.05) is 12.1 Å². The average molecular weight is 291 g/mol. The fourth-order valence-electron chi connectivity index (χ4n) is 2.45. The molecular weight excluding hydrogens is 266 g/mol. The highest BCUT2D eigenvalue weighted by Gasteiger charge is 2.17. The number of piperidine rings is 1. The highest BCUT2D eigenvalue weighted by Crippen LogP contribution is 2.15. The van der Waals surface area contributed by atoms with E-state index in [0.717, 1.165) is 38.0 Å². The molecule has 5 nitrogen and oxygen atoms in total. The third kappa shape index (κ3) is 5.36. The maximum Gasteiger partial charge on any atom is 0.257 e. The van der Waals surface area contributed by atoms with E-state index in [1.54, 1.807) is 0 Å². The molecule has 0 spiro atoms. The van der Waals surface area contributed by atoms with Crippen LogP contribution in [0.2, 0.25) is 0 Å². The van der Waals surface area contributed by atoms with Gasteiger partial charge in [0.2, 0.25) is 0 Å². The largest absolute Gasteiger partial charge is 0.484 e. The molecule has 0 unspecified atom stereocenters. The Morgan fingerprint density at radius 1 is 1.33 bits per heavy atom. The summed E-state index contributed by atoms with van der Waals surface area (Å²) in [5.41, 5.74) is 6.58. The van der Waals surface area contributed by atoms with E-state index in [9.17, 15) is 4.79 Å². The number of carbonyl (C=O) groups is 1. The number of nitrogens with one attached hydrogen (secondary N) is 1. The maximum atomic E-state index is 11.8. The zero-order valence-corrected chi connectivity index (χ0v) is 12.7. The lowest BCUT2D eigenvalue weighted by Gasteiger charge is -2.28. The molecule has 2 rings (SSSR count). The van der Waals surface area contributed by atoms with Crippen LogP contribution in [0.4, 0.5) is 0 Å². The fraction of sp³-hybridized carbons (Fsp3) is 0.562. The lowest BCUT2D eigenvalue weighted by Crippen LogP contribution is -2.38. The van der Waals surface area contributed by atoms with Crippen LogP contribution in [0.25, 0.3) is 0 Å². The van der Waals surface area contributed by atoms with Crippen molar-refractivity contribution >= 4 is 5.91 Å². The molecule has 1 heterocycles. The molecule has 1 amide bonds. The molecule has 0 saturated carbocycles. The third-order valence-electron chi connectivity index (χ3n) is 3.96. The summed E-state index contributed by atoms with van der Waals surface area (Å²) < 4.78 is 5.46. The van der Waals surface area contributed by atoms with Crippen molar-refractivity contribution in [2.45, 2.75) is 19.4 Å². The number of nitrogens with two attached hydrogens (primary N) is 1. The smallest absolute Gasteiger partial charge is 0.257 e. The summed E-state index contributed by atoms with van der Waals surface area (Å²) in [6.07, 6.45) is 2.30. The summed E-state index contributed by atoms with van der Waals surface area (Å²) in [5.74, 6) is 1.23. The first-order valence-corrected chi connectivity index (χ1v) is 7.54. The molecule has 0 aromatic heterocycles. The Kier molecular flexibility index (Phi) is 6.02. The predicted octanol–water partition coefficient (Wildman–Crippen LogP) is 0.982. The molecule has 0 radical (unpaired) electrons. The molecule has 5 heteroatoms. The molecular formula is C16H25N3O2. The van der Waals surface area contributed by atoms with Crippen LogP contribution < -0.4 is 15.8 Å². The van der Waals surface area contributed by atoms with Gasteiger partial charge in [0.1, 0.15) is 5.75 Å². The van der Waals surface area contributed by atoms with Crippen molar-refractivity contribution in [3.63, 3.8) is 0 Å². The van der Waals surface area contributed by atoms with E-state index >= 15 is 0 Å². The zero-order valence-electron chi connectivity index (χ0n) is 12.7. The van der Waals surface area contributed by atoms with Crippen molar-refractivity contribution in [2.24, 2.45) is 11.7 Å². The summed E-state index contributed by atoms with van der Waals surface area (Å²) in [5, 5.41) is 2.96. The van der Waals surface area contributed by atoms with Crippen molar-refractivity contribution in [3.05, 3.63) is 29.8 Å². The van der Waals surface area contributed by atoms with Crippen molar-refractivity contribution < 1.29 is 9.53 Å². The van der Waals surface area contributed by atoms with Gasteiger partial charge < -0.3 is 20.7 Å². The summed E-state index contributed by atoms with van der Waals surface area (Å²) >= 11 is 0. The number of nitrogens with zero attached hydrogens (tertiary/aromatic N) is 1. The van der Waals surface area contributed by atoms with E-state index in [1.807, 2.05) is 24.3 Å². The molecule has 1 aliphatic heterocycles. The van der Waals surface area contributed by atoms with Crippen LogP contribution in [0.3, 0.4) is 0 Å². The molecule has 1 aromatic rings. The molecule has 0 bridgehead atoms. The minimum Gasteiger partial charge on any atom is -0.484 e. The third-order valence-corrected chi connectivity index (χ3v) is 3.96. The van der Waals surface area contributed by atoms with Gasteiger partial charge in [0, 0.05) is 13.1 Å². The summed E-state index contributed by atoms with van der Waals surface area (Å²) in [6, 6.07) is 7.50. The number of benzene rings is 1. The first-order valence-electron chi connectivity index (χ1n) is 7.54. The Hall–Kier alpha value is -1.59. The van der Waals surface area contributed by atoms with Gasteiger partial charge in [-0.25, -0.2) is 0 Å². The van der Waals surface area contributed by atoms with Gasteiger partial charge in [-0.3, -0.25) is 4.79 Å². The van der Waals surface area contributed by atoms with Crippen LogP contribution in [0.1, 0.15) is 18.4 Å². The van der Waals surface area contributed by atoms with E-state index in [4.69, 9.17) is 10.5 Å². The number of hydrogen-bond donors (Lipinski definition) is 2. The molecule has 21 heavy (non-hydrogen) atoms. The Morgan fingerprint density at radius 2 is 2.00 bits per heavy atom. The van der Waals surface area contributed by atoms with Crippen LogP contribution in [0, 0.1) is 5.92 Å². The number of hydrogen-bond acceptors (Lipinski definition) is 4. The number of amides is 1. The van der Waals surface area contributed by atoms with E-state index in [-0.39, 0.29) is 12.5 Å². The molecule has 0 atom stereocenters. The molecule has 0 aliphatic carbocycles. The molecule has 1 saturated heterocycles. The first-order chi connectivity index (χ1) is 10.2. The van der Waals surface area contributed by atoms with Crippen LogP contribution in [0.5, 0.6) is 5.75 Å². The SMILES string of the molecule is CN1CCC(CNC(=O)COc2ccc(CN)cc2)CC1. The quantitative estimate of drug-likeness (QED) is 0.820. The van der Waals surface area contributed by atoms with Gasteiger partial charge in [-0.05, 0) is 56.6 Å². The maximum absolute atomic E-state index is 11.8. The molecule has 3 N–H and O–H groups in total. The molecule has 1 aromatic carbocycles. The summed E-state index contributed by atoms with van der Waals surface area (Å²) in [4.78, 5) is 14.1. The summed E-state index contributed by atoms with van der Waals surface area (Å²) in [7, 11) is 2.14. The topological polar surface area (TPSA) is 67.6 Å². The Morgan fingerprint density at radius 3 is 2.62 bits per heavy atom. The molecule has 1 aliphatic rings. The lowest BCUT2D eigenvalue weighted by atomic mass is 9.97. The highest BCUT2D eigenvalue weighted by atomic mass is 16.5. The van der Waals surface area contributed by atoms with Crippen LogP contribution in [-0.2, 0) is 11.3 Å². The van der Waals surface area contributed by atoms with Crippen LogP contribution >= 0.6 is 0 Å². The number of likely N-dealkylation sites (tertiary alicyclic amines) is 1. The number of ether oxygens (including phenoxy) is 1. The molecule has 116 valence electrons. The van der Waals surface area contributed by atoms with Crippen molar-refractivity contribution in [1.29, 1.82) is 0 Å². The Bertz CT molecular complexity index is 439. The van der Waals surface area contributed by atoms with E-state index in [1.165, 1.54) is 0 Å². The fourth-order valence-corrected chi connectivity index (χ4v) is 2.45. The van der Waals surface area contributed by atoms with E-state index in [2.05, 4.69) is 17.3 Å². The van der Waals surface area contributed by atoms with Gasteiger partial charge >= 0.3 is 0 Å². The van der Waals surface area contributed by atoms with Gasteiger partial charge in [0.25, 0.3) is 5.91 Å². The van der Waals surface area contributed by atoms with Gasteiger partial charge in [0.05, 0.1) is 0 Å². The highest BCUT2D eigenvalue weighted by molar-refractivity contribution is 5.77. The minimum atomic E-state index is -0.0585. The first kappa shape index (κ1) is 15.8. The second-order valence-corrected chi connectivity index (χ2v) is 5.69. The zero-order chi connectivity index (χ0) is 15.1. The van der Waals surface area contributed by atoms with Crippen molar-refractivity contribution in [2.75, 3.05) is 33.3 Å². The second kappa shape index (κ2) is 8.00. The van der Waals surface area contributed by atoms with E-state index in [0.29, 0.717) is 18.2 Å². The van der Waals surface area contributed by atoms with Gasteiger partial charge in [-0.2, -0.15) is 0 Å². The average Bonchev–Trinajstić information content (AvgIpc) is 2.53. The van der Waals surface area contributed by atoms with E-state index < -0.39 is 0 Å². The molecule has 1 fully saturated rings.